The van der Waals surface area contributed by atoms with Gasteiger partial charge in [0, 0.05) is 31.7 Å². The number of benzene rings is 1. The van der Waals surface area contributed by atoms with Crippen molar-refractivity contribution in [3.8, 4) is 0 Å². The van der Waals surface area contributed by atoms with Crippen molar-refractivity contribution in [2.24, 2.45) is 0 Å². The highest BCUT2D eigenvalue weighted by Gasteiger charge is 2.14. The lowest BCUT2D eigenvalue weighted by Gasteiger charge is -2.07. The number of nitrogens with one attached hydrogen (secondary N) is 2. The van der Waals surface area contributed by atoms with E-state index in [0.717, 1.165) is 11.1 Å². The fourth-order valence-corrected chi connectivity index (χ4v) is 2.81. The molecule has 0 aliphatic carbocycles. The van der Waals surface area contributed by atoms with E-state index in [9.17, 15) is 4.79 Å². The van der Waals surface area contributed by atoms with Gasteiger partial charge < -0.3 is 10.6 Å². The van der Waals surface area contributed by atoms with Crippen molar-refractivity contribution in [3.05, 3.63) is 89.5 Å². The van der Waals surface area contributed by atoms with Crippen molar-refractivity contribution in [1.29, 1.82) is 0 Å². The molecule has 140 valence electrons. The Balaban J connectivity index is 1.47. The van der Waals surface area contributed by atoms with Gasteiger partial charge in [0.05, 0.1) is 6.20 Å². The summed E-state index contributed by atoms with van der Waals surface area (Å²) in [6.45, 7) is 3.09. The van der Waals surface area contributed by atoms with Crippen LogP contribution in [0.1, 0.15) is 27.0 Å². The summed E-state index contributed by atoms with van der Waals surface area (Å²) < 4.78 is 1.59. The zero-order valence-corrected chi connectivity index (χ0v) is 15.5. The van der Waals surface area contributed by atoms with E-state index in [1.807, 2.05) is 49.4 Å². The van der Waals surface area contributed by atoms with Gasteiger partial charge in [-0.05, 0) is 30.2 Å². The Morgan fingerprint density at radius 1 is 1.04 bits per heavy atom. The van der Waals surface area contributed by atoms with E-state index < -0.39 is 0 Å². The van der Waals surface area contributed by atoms with Crippen LogP contribution in [0, 0.1) is 6.92 Å². The van der Waals surface area contributed by atoms with Crippen LogP contribution >= 0.6 is 0 Å². The Hall–Kier alpha value is -3.74. The molecule has 0 aliphatic heterocycles. The molecule has 0 unspecified atom stereocenters. The minimum atomic E-state index is -0.201. The van der Waals surface area contributed by atoms with Crippen molar-refractivity contribution in [2.75, 3.05) is 5.32 Å². The zero-order chi connectivity index (χ0) is 19.3. The molecule has 0 bridgehead atoms. The summed E-state index contributed by atoms with van der Waals surface area (Å²) >= 11 is 0. The minimum Gasteiger partial charge on any atom is -0.366 e. The molecular weight excluding hydrogens is 352 g/mol. The predicted molar refractivity (Wildman–Crippen MR) is 107 cm³/mol. The van der Waals surface area contributed by atoms with E-state index in [1.54, 1.807) is 23.1 Å². The second-order valence-electron chi connectivity index (χ2n) is 6.52. The van der Waals surface area contributed by atoms with Crippen LogP contribution in [0.3, 0.4) is 0 Å². The summed E-state index contributed by atoms with van der Waals surface area (Å²) in [5.74, 6) is 0.469. The second-order valence-corrected chi connectivity index (χ2v) is 6.52. The van der Waals surface area contributed by atoms with Gasteiger partial charge >= 0.3 is 0 Å². The molecule has 0 aliphatic rings. The molecule has 3 aromatic heterocycles. The number of hydrogen-bond acceptors (Lipinski definition) is 5. The third-order valence-electron chi connectivity index (χ3n) is 4.38. The molecule has 7 heteroatoms. The summed E-state index contributed by atoms with van der Waals surface area (Å²) in [5.41, 5.74) is 4.24. The molecule has 0 saturated carbocycles. The smallest absolute Gasteiger partial charge is 0.257 e. The van der Waals surface area contributed by atoms with Crippen molar-refractivity contribution in [3.63, 3.8) is 0 Å². The van der Waals surface area contributed by atoms with Gasteiger partial charge in [0.1, 0.15) is 11.4 Å². The Labute approximate surface area is 162 Å². The Morgan fingerprint density at radius 3 is 2.68 bits per heavy atom. The Kier molecular flexibility index (Phi) is 4.97. The van der Waals surface area contributed by atoms with Crippen LogP contribution in [0.25, 0.3) is 5.65 Å². The average molecular weight is 372 g/mol. The maximum absolute atomic E-state index is 12.6. The van der Waals surface area contributed by atoms with E-state index in [-0.39, 0.29) is 5.91 Å². The van der Waals surface area contributed by atoms with Gasteiger partial charge in [-0.25, -0.2) is 9.50 Å². The number of hydrogen-bond donors (Lipinski definition) is 2. The lowest BCUT2D eigenvalue weighted by molar-refractivity contribution is 0.0952. The highest BCUT2D eigenvalue weighted by Crippen LogP contribution is 2.13. The number of nitrogens with zero attached hydrogens (tertiary/aromatic N) is 4. The van der Waals surface area contributed by atoms with E-state index in [4.69, 9.17) is 0 Å². The first kappa shape index (κ1) is 17.7. The topological polar surface area (TPSA) is 84.2 Å². The van der Waals surface area contributed by atoms with Crippen molar-refractivity contribution < 1.29 is 4.79 Å². The maximum atomic E-state index is 12.6. The fourth-order valence-electron chi connectivity index (χ4n) is 2.81. The van der Waals surface area contributed by atoms with Gasteiger partial charge in [-0.2, -0.15) is 5.10 Å². The van der Waals surface area contributed by atoms with Gasteiger partial charge in [-0.15, -0.1) is 0 Å². The molecule has 1 amide bonds. The number of anilines is 1. The number of carbonyl (C=O) groups excluding carboxylic acids is 1. The number of fused-ring (bicyclic) bond motifs is 1. The number of amides is 1. The molecule has 2 N–H and O–H groups in total. The lowest BCUT2D eigenvalue weighted by Crippen LogP contribution is -2.22. The molecular formula is C21H20N6O. The van der Waals surface area contributed by atoms with Gasteiger partial charge in [-0.1, -0.05) is 35.9 Å². The summed E-state index contributed by atoms with van der Waals surface area (Å²) in [6, 6.07) is 13.8. The predicted octanol–water partition coefficient (Wildman–Crippen LogP) is 2.97. The first-order valence-corrected chi connectivity index (χ1v) is 9.00. The maximum Gasteiger partial charge on any atom is 0.257 e. The summed E-state index contributed by atoms with van der Waals surface area (Å²) in [5, 5.41) is 10.4. The third kappa shape index (κ3) is 3.98. The Bertz CT molecular complexity index is 1090. The zero-order valence-electron chi connectivity index (χ0n) is 15.5. The molecule has 28 heavy (non-hydrogen) atoms. The van der Waals surface area contributed by atoms with Crippen LogP contribution in [0.2, 0.25) is 0 Å². The molecule has 4 aromatic rings. The summed E-state index contributed by atoms with van der Waals surface area (Å²) in [7, 11) is 0. The molecule has 0 radical (unpaired) electrons. The molecule has 3 heterocycles. The molecule has 7 nitrogen and oxygen atoms in total. The highest BCUT2D eigenvalue weighted by atomic mass is 16.1. The summed E-state index contributed by atoms with van der Waals surface area (Å²) in [4.78, 5) is 21.3. The van der Waals surface area contributed by atoms with Gasteiger partial charge in [0.15, 0.2) is 5.65 Å². The average Bonchev–Trinajstić information content (AvgIpc) is 3.16. The number of aromatic nitrogens is 4. The van der Waals surface area contributed by atoms with E-state index in [1.165, 1.54) is 11.8 Å². The van der Waals surface area contributed by atoms with Crippen LogP contribution in [-0.2, 0) is 13.1 Å². The van der Waals surface area contributed by atoms with Crippen molar-refractivity contribution >= 4 is 17.4 Å². The molecule has 0 saturated heterocycles. The number of carbonyl (C=O) groups is 1. The molecule has 0 fully saturated rings. The normalized spacial score (nSPS) is 10.8. The largest absolute Gasteiger partial charge is 0.366 e. The van der Waals surface area contributed by atoms with Crippen molar-refractivity contribution in [1.82, 2.24) is 24.9 Å². The third-order valence-corrected chi connectivity index (χ3v) is 4.38. The van der Waals surface area contributed by atoms with Crippen LogP contribution in [0.5, 0.6) is 0 Å². The SMILES string of the molecule is Cc1ccc(CNC(=O)c2cnn3ccc(NCc4cccnc4)nc23)cc1. The monoisotopic (exact) mass is 372 g/mol. The van der Waals surface area contributed by atoms with Crippen LogP contribution in [-0.4, -0.2) is 25.5 Å². The first-order valence-electron chi connectivity index (χ1n) is 9.00. The molecule has 0 atom stereocenters. The van der Waals surface area contributed by atoms with E-state index >= 15 is 0 Å². The fraction of sp³-hybridized carbons (Fsp3) is 0.143. The molecule has 0 spiro atoms. The number of aryl methyl sites for hydroxylation is 1. The van der Waals surface area contributed by atoms with Crippen LogP contribution in [0.15, 0.2) is 67.3 Å². The highest BCUT2D eigenvalue weighted by molar-refractivity contribution is 5.99. The molecule has 1 aromatic carbocycles. The van der Waals surface area contributed by atoms with Crippen LogP contribution < -0.4 is 10.6 Å². The summed E-state index contributed by atoms with van der Waals surface area (Å²) in [6.07, 6.45) is 6.86. The van der Waals surface area contributed by atoms with Crippen molar-refractivity contribution in [2.45, 2.75) is 20.0 Å². The van der Waals surface area contributed by atoms with Gasteiger partial charge in [0.2, 0.25) is 0 Å². The van der Waals surface area contributed by atoms with Crippen LogP contribution in [0.4, 0.5) is 5.82 Å². The van der Waals surface area contributed by atoms with E-state index in [2.05, 4.69) is 25.7 Å². The Morgan fingerprint density at radius 2 is 1.89 bits per heavy atom. The quantitative estimate of drug-likeness (QED) is 0.544. The van der Waals surface area contributed by atoms with Gasteiger partial charge in [0.25, 0.3) is 5.91 Å². The number of pyridine rings is 1. The minimum absolute atomic E-state index is 0.201. The number of rotatable bonds is 6. The molecule has 4 rings (SSSR count). The first-order chi connectivity index (χ1) is 13.7. The second kappa shape index (κ2) is 7.87. The lowest BCUT2D eigenvalue weighted by atomic mass is 10.1. The standard InChI is InChI=1S/C21H20N6O/c1-15-4-6-16(7-5-15)12-24-21(28)18-14-25-27-10-8-19(26-20(18)27)23-13-17-3-2-9-22-11-17/h2-11,14H,12-13H2,1H3,(H,23,26)(H,24,28). The van der Waals surface area contributed by atoms with Gasteiger partial charge in [-0.3, -0.25) is 9.78 Å². The van der Waals surface area contributed by atoms with E-state index in [0.29, 0.717) is 30.1 Å².